The first-order valence-electron chi connectivity index (χ1n) is 10.7. The van der Waals surface area contributed by atoms with Gasteiger partial charge < -0.3 is 19.9 Å². The van der Waals surface area contributed by atoms with Gasteiger partial charge in [0.25, 0.3) is 0 Å². The molecule has 2 N–H and O–H groups in total. The quantitative estimate of drug-likeness (QED) is 0.494. The number of H-pyrrole nitrogens is 1. The Balaban J connectivity index is 1.41. The van der Waals surface area contributed by atoms with Crippen molar-refractivity contribution >= 4 is 33.8 Å². The van der Waals surface area contributed by atoms with Gasteiger partial charge in [0.05, 0.1) is 23.3 Å². The van der Waals surface area contributed by atoms with Crippen LogP contribution < -0.4 is 10.1 Å². The van der Waals surface area contributed by atoms with Crippen LogP contribution in [-0.2, 0) is 4.79 Å². The minimum absolute atomic E-state index is 0.00515. The Morgan fingerprint density at radius 3 is 2.81 bits per heavy atom. The number of fused-ring (bicyclic) bond motifs is 2. The lowest BCUT2D eigenvalue weighted by Gasteiger charge is -2.31. The Labute approximate surface area is 184 Å². The van der Waals surface area contributed by atoms with E-state index in [0.717, 1.165) is 23.7 Å². The number of anilines is 1. The minimum atomic E-state index is -0.240. The highest BCUT2D eigenvalue weighted by atomic mass is 16.5. The maximum absolute atomic E-state index is 11.6. The second-order valence-electron chi connectivity index (χ2n) is 7.92. The Hall–Kier alpha value is -3.82. The number of benzene rings is 1. The Bertz CT molecular complexity index is 1270. The molecule has 3 aromatic heterocycles. The van der Waals surface area contributed by atoms with Crippen LogP contribution in [-0.4, -0.2) is 59.9 Å². The number of aromatic amines is 1. The Morgan fingerprint density at radius 1 is 1.19 bits per heavy atom. The number of rotatable bonds is 5. The van der Waals surface area contributed by atoms with Gasteiger partial charge in [-0.05, 0) is 19.1 Å². The average Bonchev–Trinajstić information content (AvgIpc) is 3.29. The lowest BCUT2D eigenvalue weighted by molar-refractivity contribution is -0.130. The Morgan fingerprint density at radius 2 is 2.00 bits per heavy atom. The first-order valence-corrected chi connectivity index (χ1v) is 10.7. The number of hydrogen-bond acceptors (Lipinski definition) is 8. The number of ether oxygens (including phenoxy) is 1. The SMILES string of the molecule is CC(=O)N1CCC(Oc2nc(C(C)Nc3ncnc4[nH]cnc34)nc3ccccc23)CC1. The fourth-order valence-corrected chi connectivity index (χ4v) is 3.93. The molecule has 10 heteroatoms. The van der Waals surface area contributed by atoms with Crippen LogP contribution >= 0.6 is 0 Å². The third kappa shape index (κ3) is 3.91. The van der Waals surface area contributed by atoms with Crippen LogP contribution in [0.5, 0.6) is 5.88 Å². The number of aromatic nitrogens is 6. The van der Waals surface area contributed by atoms with Crippen LogP contribution in [0.4, 0.5) is 5.82 Å². The summed E-state index contributed by atoms with van der Waals surface area (Å²) < 4.78 is 6.34. The summed E-state index contributed by atoms with van der Waals surface area (Å²) in [4.78, 5) is 38.8. The second-order valence-corrected chi connectivity index (χ2v) is 7.92. The van der Waals surface area contributed by atoms with Gasteiger partial charge in [0.15, 0.2) is 17.3 Å². The molecule has 4 aromatic rings. The van der Waals surface area contributed by atoms with E-state index in [1.165, 1.54) is 6.33 Å². The number of hydrogen-bond donors (Lipinski definition) is 2. The van der Waals surface area contributed by atoms with E-state index >= 15 is 0 Å². The second kappa shape index (κ2) is 8.37. The van der Waals surface area contributed by atoms with E-state index in [1.807, 2.05) is 36.1 Å². The zero-order chi connectivity index (χ0) is 22.1. The molecular weight excluding hydrogens is 408 g/mol. The summed E-state index contributed by atoms with van der Waals surface area (Å²) in [6.07, 6.45) is 4.63. The van der Waals surface area contributed by atoms with E-state index in [2.05, 4.69) is 25.3 Å². The van der Waals surface area contributed by atoms with Crippen LogP contribution in [0.15, 0.2) is 36.9 Å². The van der Waals surface area contributed by atoms with Crippen LogP contribution in [0.2, 0.25) is 0 Å². The number of para-hydroxylation sites is 1. The van der Waals surface area contributed by atoms with Gasteiger partial charge in [0.1, 0.15) is 17.9 Å². The van der Waals surface area contributed by atoms with Crippen molar-refractivity contribution in [1.29, 1.82) is 0 Å². The van der Waals surface area contributed by atoms with E-state index in [1.54, 1.807) is 13.3 Å². The number of imidazole rings is 1. The van der Waals surface area contributed by atoms with Gasteiger partial charge in [-0.25, -0.2) is 19.9 Å². The molecule has 1 unspecified atom stereocenters. The summed E-state index contributed by atoms with van der Waals surface area (Å²) in [6, 6.07) is 7.58. The molecule has 10 nitrogen and oxygen atoms in total. The molecule has 4 heterocycles. The molecule has 0 aliphatic carbocycles. The van der Waals surface area contributed by atoms with Crippen molar-refractivity contribution in [3.05, 3.63) is 42.7 Å². The van der Waals surface area contributed by atoms with Crippen molar-refractivity contribution in [2.75, 3.05) is 18.4 Å². The largest absolute Gasteiger partial charge is 0.474 e. The number of nitrogens with one attached hydrogen (secondary N) is 2. The first kappa shape index (κ1) is 20.1. The maximum Gasteiger partial charge on any atom is 0.225 e. The third-order valence-corrected chi connectivity index (χ3v) is 5.71. The number of amides is 1. The summed E-state index contributed by atoms with van der Waals surface area (Å²) in [5.41, 5.74) is 2.14. The fraction of sp³-hybridized carbons (Fsp3) is 0.364. The summed E-state index contributed by atoms with van der Waals surface area (Å²) in [7, 11) is 0. The standard InChI is InChI=1S/C22H24N8O2/c1-13(27-21-18-20(24-11-23-18)25-12-26-21)19-28-17-6-4-3-5-16(17)22(29-19)32-15-7-9-30(10-8-15)14(2)31/h3-6,11-13,15H,7-10H2,1-2H3,(H2,23,24,25,26,27). The molecule has 1 saturated heterocycles. The molecule has 1 amide bonds. The number of carbonyl (C=O) groups is 1. The van der Waals surface area contributed by atoms with Crippen LogP contribution in [0, 0.1) is 0 Å². The van der Waals surface area contributed by atoms with Crippen LogP contribution in [0.3, 0.4) is 0 Å². The molecule has 1 aliphatic rings. The lowest BCUT2D eigenvalue weighted by Crippen LogP contribution is -2.40. The highest BCUT2D eigenvalue weighted by molar-refractivity contribution is 5.84. The van der Waals surface area contributed by atoms with Gasteiger partial charge in [-0.15, -0.1) is 0 Å². The van der Waals surface area contributed by atoms with Crippen molar-refractivity contribution in [3.63, 3.8) is 0 Å². The summed E-state index contributed by atoms with van der Waals surface area (Å²) in [5.74, 6) is 1.88. The topological polar surface area (TPSA) is 122 Å². The molecule has 32 heavy (non-hydrogen) atoms. The monoisotopic (exact) mass is 432 g/mol. The molecule has 164 valence electrons. The van der Waals surface area contributed by atoms with Crippen molar-refractivity contribution in [2.45, 2.75) is 38.8 Å². The summed E-state index contributed by atoms with van der Waals surface area (Å²) in [5, 5.41) is 4.21. The fourth-order valence-electron chi connectivity index (χ4n) is 3.93. The van der Waals surface area contributed by atoms with Gasteiger partial charge in [0.2, 0.25) is 11.8 Å². The van der Waals surface area contributed by atoms with E-state index in [0.29, 0.717) is 41.8 Å². The van der Waals surface area contributed by atoms with Gasteiger partial charge in [-0.2, -0.15) is 4.98 Å². The van der Waals surface area contributed by atoms with E-state index in [9.17, 15) is 4.79 Å². The van der Waals surface area contributed by atoms with Gasteiger partial charge >= 0.3 is 0 Å². The molecule has 1 aromatic carbocycles. The maximum atomic E-state index is 11.6. The van der Waals surface area contributed by atoms with Gasteiger partial charge in [-0.1, -0.05) is 12.1 Å². The summed E-state index contributed by atoms with van der Waals surface area (Å²) in [6.45, 7) is 4.97. The van der Waals surface area contributed by atoms with Crippen molar-refractivity contribution in [2.24, 2.45) is 0 Å². The molecule has 1 fully saturated rings. The van der Waals surface area contributed by atoms with Crippen molar-refractivity contribution in [3.8, 4) is 5.88 Å². The number of carbonyl (C=O) groups excluding carboxylic acids is 1. The smallest absolute Gasteiger partial charge is 0.225 e. The molecule has 1 aliphatic heterocycles. The lowest BCUT2D eigenvalue weighted by atomic mass is 10.1. The number of piperidine rings is 1. The molecule has 0 spiro atoms. The van der Waals surface area contributed by atoms with Crippen LogP contribution in [0.25, 0.3) is 22.1 Å². The predicted molar refractivity (Wildman–Crippen MR) is 119 cm³/mol. The van der Waals surface area contributed by atoms with Crippen LogP contribution in [0.1, 0.15) is 38.6 Å². The first-order chi connectivity index (χ1) is 15.6. The minimum Gasteiger partial charge on any atom is -0.474 e. The zero-order valence-electron chi connectivity index (χ0n) is 17.9. The highest BCUT2D eigenvalue weighted by Gasteiger charge is 2.24. The number of nitrogens with zero attached hydrogens (tertiary/aromatic N) is 6. The molecule has 0 saturated carbocycles. The van der Waals surface area contributed by atoms with E-state index in [4.69, 9.17) is 14.7 Å². The third-order valence-electron chi connectivity index (χ3n) is 5.71. The molecule has 0 bridgehead atoms. The summed E-state index contributed by atoms with van der Waals surface area (Å²) >= 11 is 0. The Kier molecular flexibility index (Phi) is 5.26. The zero-order valence-corrected chi connectivity index (χ0v) is 17.9. The van der Waals surface area contributed by atoms with Crippen molar-refractivity contribution in [1.82, 2.24) is 34.8 Å². The van der Waals surface area contributed by atoms with E-state index < -0.39 is 0 Å². The molecule has 0 radical (unpaired) electrons. The predicted octanol–water partition coefficient (Wildman–Crippen LogP) is 2.86. The highest BCUT2D eigenvalue weighted by Crippen LogP contribution is 2.28. The normalized spacial score (nSPS) is 15.8. The average molecular weight is 432 g/mol. The molecule has 1 atom stereocenters. The van der Waals surface area contributed by atoms with Gasteiger partial charge in [-0.3, -0.25) is 4.79 Å². The van der Waals surface area contributed by atoms with E-state index in [-0.39, 0.29) is 18.1 Å². The molecule has 5 rings (SSSR count). The van der Waals surface area contributed by atoms with Crippen molar-refractivity contribution < 1.29 is 9.53 Å². The number of likely N-dealkylation sites (tertiary alicyclic amines) is 1. The van der Waals surface area contributed by atoms with Gasteiger partial charge in [0, 0.05) is 32.9 Å². The molecular formula is C22H24N8O2.